The molecule has 3 rings (SSSR count). The summed E-state index contributed by atoms with van der Waals surface area (Å²) in [7, 11) is 0. The van der Waals surface area contributed by atoms with Crippen LogP contribution in [0.15, 0.2) is 18.2 Å². The fourth-order valence-corrected chi connectivity index (χ4v) is 4.15. The van der Waals surface area contributed by atoms with Crippen molar-refractivity contribution in [3.8, 4) is 11.5 Å². The Bertz CT molecular complexity index is 834. The van der Waals surface area contributed by atoms with Gasteiger partial charge in [-0.05, 0) is 52.3 Å². The molecule has 4 atom stereocenters. The lowest BCUT2D eigenvalue weighted by Gasteiger charge is -2.44. The van der Waals surface area contributed by atoms with E-state index in [1.807, 2.05) is 0 Å². The van der Waals surface area contributed by atoms with Crippen molar-refractivity contribution in [1.29, 1.82) is 0 Å². The van der Waals surface area contributed by atoms with Gasteiger partial charge in [0.25, 0.3) is 0 Å². The first-order valence-corrected chi connectivity index (χ1v) is 10.1. The Hall–Kier alpha value is -2.61. The quantitative estimate of drug-likeness (QED) is 0.571. The zero-order valence-corrected chi connectivity index (χ0v) is 17.8. The molecule has 1 N–H and O–H groups in total. The predicted octanol–water partition coefficient (Wildman–Crippen LogP) is 2.36. The van der Waals surface area contributed by atoms with E-state index in [2.05, 4.69) is 0 Å². The molecule has 8 heteroatoms. The first-order valence-electron chi connectivity index (χ1n) is 10.1. The molecule has 1 aromatic carbocycles. The van der Waals surface area contributed by atoms with Crippen LogP contribution in [0.2, 0.25) is 0 Å². The molecule has 2 aliphatic rings. The van der Waals surface area contributed by atoms with E-state index in [0.717, 1.165) is 0 Å². The summed E-state index contributed by atoms with van der Waals surface area (Å²) < 4.78 is 21.5. The van der Waals surface area contributed by atoms with Crippen molar-refractivity contribution >= 4 is 17.7 Å². The number of carbonyl (C=O) groups excluding carboxylic acids is 3. The minimum absolute atomic E-state index is 0.0533. The van der Waals surface area contributed by atoms with Crippen LogP contribution in [-0.4, -0.2) is 47.4 Å². The molecule has 1 aromatic rings. The summed E-state index contributed by atoms with van der Waals surface area (Å²) >= 11 is 0. The third kappa shape index (κ3) is 4.28. The van der Waals surface area contributed by atoms with Crippen LogP contribution in [0.25, 0.3) is 0 Å². The largest absolute Gasteiger partial charge is 0.463 e. The minimum Gasteiger partial charge on any atom is -0.463 e. The van der Waals surface area contributed by atoms with E-state index in [9.17, 15) is 19.5 Å². The molecular weight excluding hydrogens is 392 g/mol. The summed E-state index contributed by atoms with van der Waals surface area (Å²) in [4.78, 5) is 38.9. The molecule has 1 saturated carbocycles. The van der Waals surface area contributed by atoms with E-state index in [4.69, 9.17) is 18.9 Å². The first-order chi connectivity index (χ1) is 14.0. The highest BCUT2D eigenvalue weighted by Crippen LogP contribution is 2.48. The summed E-state index contributed by atoms with van der Waals surface area (Å²) in [6, 6.07) is 4.95. The van der Waals surface area contributed by atoms with Crippen molar-refractivity contribution in [2.45, 2.75) is 64.8 Å². The molecule has 0 radical (unpaired) electrons. The highest BCUT2D eigenvalue weighted by molar-refractivity contribution is 6.02. The fourth-order valence-electron chi connectivity index (χ4n) is 4.15. The maximum Gasteiger partial charge on any atom is 0.317 e. The predicted molar refractivity (Wildman–Crippen MR) is 105 cm³/mol. The van der Waals surface area contributed by atoms with Gasteiger partial charge < -0.3 is 24.1 Å². The van der Waals surface area contributed by atoms with Gasteiger partial charge in [-0.15, -0.1) is 0 Å². The van der Waals surface area contributed by atoms with Gasteiger partial charge in [-0.25, -0.2) is 0 Å². The summed E-state index contributed by atoms with van der Waals surface area (Å²) in [5.41, 5.74) is -1.21. The van der Waals surface area contributed by atoms with Crippen LogP contribution < -0.4 is 9.47 Å². The SMILES string of the molecule is CC(C)OC(=O)[C@@H]1C(=O)C[C@](C)(O)[C@H](C(=O)OC(C)C)[C@H]1c1ccc2c(c1)OCO2. The third-order valence-corrected chi connectivity index (χ3v) is 5.26. The lowest BCUT2D eigenvalue weighted by Crippen LogP contribution is -2.55. The lowest BCUT2D eigenvalue weighted by atomic mass is 9.61. The fraction of sp³-hybridized carbons (Fsp3) is 0.591. The number of carbonyl (C=O) groups is 3. The van der Waals surface area contributed by atoms with Crippen molar-refractivity contribution in [3.63, 3.8) is 0 Å². The van der Waals surface area contributed by atoms with Crippen LogP contribution in [0.3, 0.4) is 0 Å². The third-order valence-electron chi connectivity index (χ3n) is 5.26. The second-order valence-electron chi connectivity index (χ2n) is 8.57. The first kappa shape index (κ1) is 22.1. The van der Waals surface area contributed by atoms with E-state index in [1.54, 1.807) is 45.9 Å². The van der Waals surface area contributed by atoms with Gasteiger partial charge in [-0.2, -0.15) is 0 Å². The van der Waals surface area contributed by atoms with Gasteiger partial charge in [0, 0.05) is 12.3 Å². The number of aliphatic hydroxyl groups is 1. The van der Waals surface area contributed by atoms with Crippen molar-refractivity contribution in [2.75, 3.05) is 6.79 Å². The Labute approximate surface area is 175 Å². The number of ketones is 1. The average molecular weight is 420 g/mol. The van der Waals surface area contributed by atoms with Gasteiger partial charge in [0.15, 0.2) is 17.3 Å². The van der Waals surface area contributed by atoms with Crippen LogP contribution in [0.4, 0.5) is 0 Å². The zero-order chi connectivity index (χ0) is 22.2. The van der Waals surface area contributed by atoms with E-state index in [0.29, 0.717) is 17.1 Å². The number of fused-ring (bicyclic) bond motifs is 1. The Morgan fingerprint density at radius 1 is 1.07 bits per heavy atom. The van der Waals surface area contributed by atoms with Gasteiger partial charge in [0.1, 0.15) is 5.92 Å². The molecule has 0 spiro atoms. The normalized spacial score (nSPS) is 28.0. The average Bonchev–Trinajstić information content (AvgIpc) is 3.06. The van der Waals surface area contributed by atoms with Crippen molar-refractivity contribution in [1.82, 2.24) is 0 Å². The second-order valence-corrected chi connectivity index (χ2v) is 8.57. The highest BCUT2D eigenvalue weighted by atomic mass is 16.7. The molecule has 1 aliphatic heterocycles. The Morgan fingerprint density at radius 3 is 2.30 bits per heavy atom. The number of Topliss-reactive ketones (excluding diaryl/α,β-unsaturated/α-hetero) is 1. The number of rotatable bonds is 5. The van der Waals surface area contributed by atoms with Gasteiger partial charge in [-0.3, -0.25) is 14.4 Å². The van der Waals surface area contributed by atoms with Crippen LogP contribution >= 0.6 is 0 Å². The van der Waals surface area contributed by atoms with E-state index in [1.165, 1.54) is 6.92 Å². The van der Waals surface area contributed by atoms with E-state index in [-0.39, 0.29) is 13.2 Å². The molecule has 0 amide bonds. The van der Waals surface area contributed by atoms with E-state index >= 15 is 0 Å². The summed E-state index contributed by atoms with van der Waals surface area (Å²) in [5, 5.41) is 11.1. The maximum atomic E-state index is 13.0. The summed E-state index contributed by atoms with van der Waals surface area (Å²) in [6.45, 7) is 8.23. The molecule has 8 nitrogen and oxygen atoms in total. The topological polar surface area (TPSA) is 108 Å². The molecule has 1 fully saturated rings. The van der Waals surface area contributed by atoms with Crippen LogP contribution in [-0.2, 0) is 23.9 Å². The number of benzene rings is 1. The maximum absolute atomic E-state index is 13.0. The molecule has 30 heavy (non-hydrogen) atoms. The number of hydrogen-bond acceptors (Lipinski definition) is 8. The molecule has 0 saturated heterocycles. The highest BCUT2D eigenvalue weighted by Gasteiger charge is 2.57. The molecule has 0 unspecified atom stereocenters. The summed E-state index contributed by atoms with van der Waals surface area (Å²) in [5.74, 6) is -4.30. The molecule has 164 valence electrons. The van der Waals surface area contributed by atoms with Crippen LogP contribution in [0, 0.1) is 11.8 Å². The lowest BCUT2D eigenvalue weighted by molar-refractivity contribution is -0.176. The van der Waals surface area contributed by atoms with Gasteiger partial charge >= 0.3 is 11.9 Å². The smallest absolute Gasteiger partial charge is 0.317 e. The molecule has 0 bridgehead atoms. The minimum atomic E-state index is -1.70. The summed E-state index contributed by atoms with van der Waals surface area (Å²) in [6.07, 6.45) is -1.22. The van der Waals surface area contributed by atoms with Crippen molar-refractivity contribution in [2.24, 2.45) is 11.8 Å². The zero-order valence-electron chi connectivity index (χ0n) is 17.8. The van der Waals surface area contributed by atoms with Gasteiger partial charge in [0.2, 0.25) is 6.79 Å². The number of esters is 2. The molecule has 0 aromatic heterocycles. The van der Waals surface area contributed by atoms with Crippen LogP contribution in [0.1, 0.15) is 52.5 Å². The molecule has 1 aliphatic carbocycles. The van der Waals surface area contributed by atoms with Crippen molar-refractivity contribution < 1.29 is 38.4 Å². The standard InChI is InChI=1S/C22H28O8/c1-11(2)29-20(24)18-14(23)9-22(5,26)19(21(25)30-12(3)4)17(18)13-6-7-15-16(8-13)28-10-27-15/h6-8,11-12,17-19,26H,9-10H2,1-5H3/t17-,18+,19-,22-/m0/s1. The number of ether oxygens (including phenoxy) is 4. The van der Waals surface area contributed by atoms with Crippen molar-refractivity contribution in [3.05, 3.63) is 23.8 Å². The molecular formula is C22H28O8. The van der Waals surface area contributed by atoms with E-state index < -0.39 is 53.3 Å². The van der Waals surface area contributed by atoms with Gasteiger partial charge in [-0.1, -0.05) is 6.07 Å². The monoisotopic (exact) mass is 420 g/mol. The number of hydrogen-bond donors (Lipinski definition) is 1. The Morgan fingerprint density at radius 2 is 1.67 bits per heavy atom. The second kappa shape index (κ2) is 8.26. The van der Waals surface area contributed by atoms with Gasteiger partial charge in [0.05, 0.1) is 23.7 Å². The molecule has 1 heterocycles. The Kier molecular flexibility index (Phi) is 6.08. The Balaban J connectivity index is 2.12. The van der Waals surface area contributed by atoms with Crippen LogP contribution in [0.5, 0.6) is 11.5 Å².